The first kappa shape index (κ1) is 9.16. The average molecular weight is 196 g/mol. The summed E-state index contributed by atoms with van der Waals surface area (Å²) in [6, 6.07) is 0.580. The summed E-state index contributed by atoms with van der Waals surface area (Å²) in [5.74, 6) is 0.875. The molecule has 1 unspecified atom stereocenters. The molecule has 0 radical (unpaired) electrons. The van der Waals surface area contributed by atoms with Crippen molar-refractivity contribution in [3.8, 4) is 0 Å². The lowest BCUT2D eigenvalue weighted by molar-refractivity contribution is 0.503. The Kier molecular flexibility index (Phi) is 2.65. The maximum atomic E-state index is 4.31. The lowest BCUT2D eigenvalue weighted by atomic mass is 10.1. The van der Waals surface area contributed by atoms with Crippen LogP contribution in [0.25, 0.3) is 0 Å². The molecule has 72 valence electrons. The average Bonchev–Trinajstić information content (AvgIpc) is 2.85. The molecule has 0 aromatic carbocycles. The molecular weight excluding hydrogens is 180 g/mol. The number of aryl methyl sites for hydroxylation is 1. The third-order valence-corrected chi connectivity index (χ3v) is 3.46. The number of aromatic nitrogens is 1. The fraction of sp³-hybridized carbons (Fsp3) is 0.700. The Morgan fingerprint density at radius 1 is 1.69 bits per heavy atom. The number of nitrogens with zero attached hydrogens (tertiary/aromatic N) is 1. The van der Waals surface area contributed by atoms with Crippen LogP contribution < -0.4 is 5.32 Å². The van der Waals surface area contributed by atoms with Crippen LogP contribution in [0.5, 0.6) is 0 Å². The molecule has 1 aromatic heterocycles. The zero-order valence-corrected chi connectivity index (χ0v) is 9.03. The van der Waals surface area contributed by atoms with E-state index in [1.807, 2.05) is 17.5 Å². The SMILES string of the molecule is CCNC(c1cnc(C)s1)C1CC1. The van der Waals surface area contributed by atoms with Crippen molar-refractivity contribution in [1.29, 1.82) is 0 Å². The van der Waals surface area contributed by atoms with Crippen LogP contribution in [0.3, 0.4) is 0 Å². The number of hydrogen-bond donors (Lipinski definition) is 1. The zero-order chi connectivity index (χ0) is 9.26. The predicted octanol–water partition coefficient (Wildman–Crippen LogP) is 2.51. The van der Waals surface area contributed by atoms with Crippen molar-refractivity contribution in [2.45, 2.75) is 32.7 Å². The summed E-state index contributed by atoms with van der Waals surface area (Å²) in [6.45, 7) is 5.30. The number of rotatable bonds is 4. The minimum Gasteiger partial charge on any atom is -0.309 e. The van der Waals surface area contributed by atoms with Crippen molar-refractivity contribution in [3.05, 3.63) is 16.1 Å². The Labute approximate surface area is 83.4 Å². The molecule has 0 aliphatic heterocycles. The van der Waals surface area contributed by atoms with Gasteiger partial charge >= 0.3 is 0 Å². The molecule has 0 amide bonds. The van der Waals surface area contributed by atoms with Gasteiger partial charge in [-0.2, -0.15) is 0 Å². The van der Waals surface area contributed by atoms with E-state index in [1.54, 1.807) is 0 Å². The van der Waals surface area contributed by atoms with Crippen molar-refractivity contribution in [1.82, 2.24) is 10.3 Å². The van der Waals surface area contributed by atoms with Crippen molar-refractivity contribution in [3.63, 3.8) is 0 Å². The molecule has 1 aliphatic rings. The molecule has 2 nitrogen and oxygen atoms in total. The Hall–Kier alpha value is -0.410. The summed E-state index contributed by atoms with van der Waals surface area (Å²) in [7, 11) is 0. The Morgan fingerprint density at radius 3 is 2.92 bits per heavy atom. The fourth-order valence-corrected chi connectivity index (χ4v) is 2.63. The first-order chi connectivity index (χ1) is 6.31. The second kappa shape index (κ2) is 3.76. The van der Waals surface area contributed by atoms with Gasteiger partial charge in [0, 0.05) is 17.1 Å². The highest BCUT2D eigenvalue weighted by Gasteiger charge is 2.32. The quantitative estimate of drug-likeness (QED) is 0.800. The molecule has 1 saturated carbocycles. The highest BCUT2D eigenvalue weighted by atomic mass is 32.1. The maximum Gasteiger partial charge on any atom is 0.0897 e. The van der Waals surface area contributed by atoms with E-state index in [9.17, 15) is 0 Å². The molecule has 0 spiro atoms. The minimum absolute atomic E-state index is 0.580. The lowest BCUT2D eigenvalue weighted by Crippen LogP contribution is -2.21. The number of nitrogens with one attached hydrogen (secondary N) is 1. The normalized spacial score (nSPS) is 18.9. The highest BCUT2D eigenvalue weighted by Crippen LogP contribution is 2.42. The maximum absolute atomic E-state index is 4.31. The van der Waals surface area contributed by atoms with Gasteiger partial charge in [-0.05, 0) is 32.2 Å². The van der Waals surface area contributed by atoms with Crippen LogP contribution >= 0.6 is 11.3 Å². The third-order valence-electron chi connectivity index (χ3n) is 2.46. The van der Waals surface area contributed by atoms with E-state index in [-0.39, 0.29) is 0 Å². The zero-order valence-electron chi connectivity index (χ0n) is 8.21. The van der Waals surface area contributed by atoms with E-state index >= 15 is 0 Å². The summed E-state index contributed by atoms with van der Waals surface area (Å²) >= 11 is 1.83. The van der Waals surface area contributed by atoms with E-state index in [4.69, 9.17) is 0 Å². The predicted molar refractivity (Wildman–Crippen MR) is 56.0 cm³/mol. The second-order valence-corrected chi connectivity index (χ2v) is 4.92. The van der Waals surface area contributed by atoms with E-state index in [0.29, 0.717) is 6.04 Å². The van der Waals surface area contributed by atoms with Crippen molar-refractivity contribution in [2.24, 2.45) is 5.92 Å². The van der Waals surface area contributed by atoms with Gasteiger partial charge in [-0.1, -0.05) is 6.92 Å². The van der Waals surface area contributed by atoms with E-state index in [2.05, 4.69) is 24.1 Å². The Bertz CT molecular complexity index is 278. The van der Waals surface area contributed by atoms with Crippen molar-refractivity contribution in [2.75, 3.05) is 6.54 Å². The number of thiazole rings is 1. The summed E-state index contributed by atoms with van der Waals surface area (Å²) < 4.78 is 0. The lowest BCUT2D eigenvalue weighted by Gasteiger charge is -2.14. The van der Waals surface area contributed by atoms with Crippen molar-refractivity contribution < 1.29 is 0 Å². The summed E-state index contributed by atoms with van der Waals surface area (Å²) in [4.78, 5) is 5.73. The molecule has 0 bridgehead atoms. The van der Waals surface area contributed by atoms with Gasteiger partial charge < -0.3 is 5.32 Å². The molecule has 0 saturated heterocycles. The van der Waals surface area contributed by atoms with Crippen LogP contribution in [0, 0.1) is 12.8 Å². The fourth-order valence-electron chi connectivity index (χ4n) is 1.67. The second-order valence-electron chi connectivity index (χ2n) is 3.65. The smallest absolute Gasteiger partial charge is 0.0897 e. The first-order valence-electron chi connectivity index (χ1n) is 4.97. The molecular formula is C10H16N2S. The van der Waals surface area contributed by atoms with Gasteiger partial charge in [0.2, 0.25) is 0 Å². The summed E-state index contributed by atoms with van der Waals surface area (Å²) in [6.07, 6.45) is 4.80. The van der Waals surface area contributed by atoms with Gasteiger partial charge in [0.1, 0.15) is 0 Å². The molecule has 3 heteroatoms. The van der Waals surface area contributed by atoms with Gasteiger partial charge in [0.15, 0.2) is 0 Å². The van der Waals surface area contributed by atoms with Gasteiger partial charge in [-0.25, -0.2) is 4.98 Å². The molecule has 1 fully saturated rings. The molecule has 1 aromatic rings. The van der Waals surface area contributed by atoms with Gasteiger partial charge in [0.05, 0.1) is 5.01 Å². The molecule has 1 N–H and O–H groups in total. The van der Waals surface area contributed by atoms with E-state index < -0.39 is 0 Å². The van der Waals surface area contributed by atoms with Crippen LogP contribution in [0.15, 0.2) is 6.20 Å². The standard InChI is InChI=1S/C10H16N2S/c1-3-11-10(8-4-5-8)9-6-12-7(2)13-9/h6,8,10-11H,3-5H2,1-2H3. The Balaban J connectivity index is 2.10. The third kappa shape index (κ3) is 2.09. The monoisotopic (exact) mass is 196 g/mol. The minimum atomic E-state index is 0.580. The van der Waals surface area contributed by atoms with Gasteiger partial charge in [0.25, 0.3) is 0 Å². The van der Waals surface area contributed by atoms with Crippen LogP contribution in [0.2, 0.25) is 0 Å². The van der Waals surface area contributed by atoms with Crippen LogP contribution in [-0.4, -0.2) is 11.5 Å². The molecule has 13 heavy (non-hydrogen) atoms. The van der Waals surface area contributed by atoms with Gasteiger partial charge in [-0.3, -0.25) is 0 Å². The molecule has 1 heterocycles. The topological polar surface area (TPSA) is 24.9 Å². The van der Waals surface area contributed by atoms with Crippen LogP contribution in [-0.2, 0) is 0 Å². The first-order valence-corrected chi connectivity index (χ1v) is 5.78. The van der Waals surface area contributed by atoms with Crippen LogP contribution in [0.4, 0.5) is 0 Å². The van der Waals surface area contributed by atoms with E-state index in [1.165, 1.54) is 22.7 Å². The number of hydrogen-bond acceptors (Lipinski definition) is 3. The largest absolute Gasteiger partial charge is 0.309 e. The molecule has 1 atom stereocenters. The summed E-state index contributed by atoms with van der Waals surface area (Å²) in [5, 5.41) is 4.72. The van der Waals surface area contributed by atoms with E-state index in [0.717, 1.165) is 12.5 Å². The summed E-state index contributed by atoms with van der Waals surface area (Å²) in [5.41, 5.74) is 0. The Morgan fingerprint density at radius 2 is 2.46 bits per heavy atom. The molecule has 2 rings (SSSR count). The molecule has 1 aliphatic carbocycles. The van der Waals surface area contributed by atoms with Crippen molar-refractivity contribution >= 4 is 11.3 Å². The van der Waals surface area contributed by atoms with Crippen LogP contribution in [0.1, 0.15) is 35.7 Å². The van der Waals surface area contributed by atoms with Gasteiger partial charge in [-0.15, -0.1) is 11.3 Å². The highest BCUT2D eigenvalue weighted by molar-refractivity contribution is 7.11.